The molecule has 0 saturated heterocycles. The summed E-state index contributed by atoms with van der Waals surface area (Å²) >= 11 is 0. The minimum absolute atomic E-state index is 0.479. The summed E-state index contributed by atoms with van der Waals surface area (Å²) in [4.78, 5) is 0. The normalized spacial score (nSPS) is 12.1. The number of hydrogen-bond acceptors (Lipinski definition) is 4. The zero-order chi connectivity index (χ0) is 11.3. The molecule has 0 aliphatic heterocycles. The summed E-state index contributed by atoms with van der Waals surface area (Å²) in [6.45, 7) is 5.08. The van der Waals surface area contributed by atoms with Gasteiger partial charge in [0.15, 0.2) is 5.49 Å². The van der Waals surface area contributed by atoms with E-state index < -0.39 is 0 Å². The molecule has 15 heavy (non-hydrogen) atoms. The zero-order valence-electron chi connectivity index (χ0n) is 9.49. The molecule has 0 aliphatic rings. The Labute approximate surface area is 90.0 Å². The first kappa shape index (κ1) is 11.6. The number of pyridine rings is 1. The number of nitrogens with two attached hydrogens (primary N) is 1. The van der Waals surface area contributed by atoms with Crippen molar-refractivity contribution in [1.29, 1.82) is 0 Å². The third-order valence-electron chi connectivity index (χ3n) is 2.08. The second-order valence-electron chi connectivity index (χ2n) is 3.65. The van der Waals surface area contributed by atoms with E-state index in [-0.39, 0.29) is 0 Å². The van der Waals surface area contributed by atoms with E-state index in [0.29, 0.717) is 11.5 Å². The van der Waals surface area contributed by atoms with Gasteiger partial charge >= 0.3 is 0 Å². The van der Waals surface area contributed by atoms with Crippen molar-refractivity contribution in [3.63, 3.8) is 0 Å². The van der Waals surface area contributed by atoms with Crippen LogP contribution in [0.25, 0.3) is 0 Å². The molecule has 1 aromatic rings. The Morgan fingerprint density at radius 2 is 2.20 bits per heavy atom. The maximum Gasteiger partial charge on any atom is 0.170 e. The van der Waals surface area contributed by atoms with Crippen LogP contribution in [-0.2, 0) is 6.54 Å². The van der Waals surface area contributed by atoms with E-state index in [2.05, 4.69) is 29.7 Å². The van der Waals surface area contributed by atoms with Crippen molar-refractivity contribution in [2.24, 2.45) is 10.9 Å². The van der Waals surface area contributed by atoms with E-state index in [4.69, 9.17) is 5.84 Å². The summed E-state index contributed by atoms with van der Waals surface area (Å²) in [5.74, 6) is 5.25. The van der Waals surface area contributed by atoms with Gasteiger partial charge in [-0.3, -0.25) is 0 Å². The lowest BCUT2D eigenvalue weighted by Crippen LogP contribution is -2.29. The summed E-state index contributed by atoms with van der Waals surface area (Å²) in [6, 6.07) is 4.37. The highest BCUT2D eigenvalue weighted by Crippen LogP contribution is 1.95. The quantitative estimate of drug-likeness (QED) is 0.480. The fourth-order valence-electron chi connectivity index (χ4n) is 1.25. The largest absolute Gasteiger partial charge is 0.328 e. The first-order valence-corrected chi connectivity index (χ1v) is 5.04. The van der Waals surface area contributed by atoms with Gasteiger partial charge in [-0.15, -0.1) is 0 Å². The number of aromatic nitrogens is 1. The van der Waals surface area contributed by atoms with Crippen molar-refractivity contribution in [3.8, 4) is 0 Å². The van der Waals surface area contributed by atoms with E-state index >= 15 is 0 Å². The van der Waals surface area contributed by atoms with Crippen molar-refractivity contribution in [2.75, 3.05) is 12.5 Å². The van der Waals surface area contributed by atoms with Crippen LogP contribution in [0.3, 0.4) is 0 Å². The minimum Gasteiger partial charge on any atom is -0.328 e. The third-order valence-corrected chi connectivity index (χ3v) is 2.08. The predicted octanol–water partition coefficient (Wildman–Crippen LogP) is -0.0662. The molecule has 0 unspecified atom stereocenters. The van der Waals surface area contributed by atoms with Crippen molar-refractivity contribution in [1.82, 2.24) is 9.99 Å². The van der Waals surface area contributed by atoms with Crippen molar-refractivity contribution in [3.05, 3.63) is 29.4 Å². The zero-order valence-corrected chi connectivity index (χ0v) is 9.49. The monoisotopic (exact) mass is 209 g/mol. The highest BCUT2D eigenvalue weighted by atomic mass is 15.4. The molecule has 0 radical (unpaired) electrons. The highest BCUT2D eigenvalue weighted by molar-refractivity contribution is 5.10. The van der Waals surface area contributed by atoms with E-state index in [1.165, 1.54) is 5.56 Å². The topological polar surface area (TPSA) is 67.4 Å². The molecule has 1 rings (SSSR count). The molecule has 0 bridgehead atoms. The van der Waals surface area contributed by atoms with E-state index in [9.17, 15) is 0 Å². The van der Waals surface area contributed by atoms with Gasteiger partial charge in [0, 0.05) is 25.8 Å². The van der Waals surface area contributed by atoms with Crippen LogP contribution >= 0.6 is 0 Å². The molecule has 1 aromatic heterocycles. The van der Waals surface area contributed by atoms with Gasteiger partial charge in [0.05, 0.1) is 0 Å². The predicted molar refractivity (Wildman–Crippen MR) is 61.4 cm³/mol. The van der Waals surface area contributed by atoms with Gasteiger partial charge in [-0.25, -0.2) is 4.68 Å². The first-order valence-electron chi connectivity index (χ1n) is 5.04. The van der Waals surface area contributed by atoms with Crippen LogP contribution in [0, 0.1) is 0 Å². The van der Waals surface area contributed by atoms with Crippen molar-refractivity contribution < 1.29 is 0 Å². The lowest BCUT2D eigenvalue weighted by Gasteiger charge is -2.11. The molecule has 0 aliphatic carbocycles. The summed E-state index contributed by atoms with van der Waals surface area (Å²) < 4.78 is 1.79. The standard InChI is InChI=1S/C10H19N5/c1-8(2)13-6-9-4-5-10(14-11)15(7-9)12-3/h4-5,7-8,12-13H,6,11H2,1-3H3/b14-10-. The second-order valence-corrected chi connectivity index (χ2v) is 3.65. The Morgan fingerprint density at radius 1 is 1.47 bits per heavy atom. The van der Waals surface area contributed by atoms with Gasteiger partial charge < -0.3 is 16.6 Å². The molecule has 0 fully saturated rings. The van der Waals surface area contributed by atoms with Crippen LogP contribution in [0.4, 0.5) is 0 Å². The molecule has 5 nitrogen and oxygen atoms in total. The van der Waals surface area contributed by atoms with E-state index in [1.807, 2.05) is 25.4 Å². The molecule has 0 saturated carbocycles. The van der Waals surface area contributed by atoms with Gasteiger partial charge in [0.1, 0.15) is 0 Å². The molecule has 0 amide bonds. The maximum absolute atomic E-state index is 5.25. The highest BCUT2D eigenvalue weighted by Gasteiger charge is 1.97. The van der Waals surface area contributed by atoms with Crippen LogP contribution < -0.4 is 22.1 Å². The third kappa shape index (κ3) is 3.28. The summed E-state index contributed by atoms with van der Waals surface area (Å²) in [5.41, 5.74) is 4.88. The fourth-order valence-corrected chi connectivity index (χ4v) is 1.25. The second kappa shape index (κ2) is 5.41. The molecule has 0 aromatic carbocycles. The van der Waals surface area contributed by atoms with Gasteiger partial charge in [-0.05, 0) is 11.6 Å². The van der Waals surface area contributed by atoms with Crippen molar-refractivity contribution in [2.45, 2.75) is 26.4 Å². The number of nitrogens with zero attached hydrogens (tertiary/aromatic N) is 2. The van der Waals surface area contributed by atoms with Gasteiger partial charge in [0.2, 0.25) is 0 Å². The Morgan fingerprint density at radius 3 is 2.73 bits per heavy atom. The Hall–Kier alpha value is -1.49. The number of hydrogen-bond donors (Lipinski definition) is 3. The molecular formula is C10H19N5. The van der Waals surface area contributed by atoms with Crippen LogP contribution in [0.2, 0.25) is 0 Å². The van der Waals surface area contributed by atoms with Crippen molar-refractivity contribution >= 4 is 0 Å². The molecule has 1 heterocycles. The Balaban J connectivity index is 2.84. The maximum atomic E-state index is 5.25. The average Bonchev–Trinajstić information content (AvgIpc) is 2.25. The average molecular weight is 209 g/mol. The summed E-state index contributed by atoms with van der Waals surface area (Å²) in [6.07, 6.45) is 1.97. The van der Waals surface area contributed by atoms with Crippen LogP contribution in [0.5, 0.6) is 0 Å². The van der Waals surface area contributed by atoms with E-state index in [1.54, 1.807) is 4.68 Å². The Kier molecular flexibility index (Phi) is 4.17. The van der Waals surface area contributed by atoms with Crippen LogP contribution in [0.15, 0.2) is 23.4 Å². The molecule has 0 spiro atoms. The van der Waals surface area contributed by atoms with E-state index in [0.717, 1.165) is 6.54 Å². The number of nitrogens with one attached hydrogen (secondary N) is 2. The van der Waals surface area contributed by atoms with Gasteiger partial charge in [-0.1, -0.05) is 19.9 Å². The molecule has 84 valence electrons. The summed E-state index contributed by atoms with van der Waals surface area (Å²) in [5, 5.41) is 7.01. The Bertz CT molecular complexity index is 366. The molecular weight excluding hydrogens is 190 g/mol. The molecule has 5 heteroatoms. The lowest BCUT2D eigenvalue weighted by atomic mass is 10.2. The number of rotatable bonds is 4. The fraction of sp³-hybridized carbons (Fsp3) is 0.500. The van der Waals surface area contributed by atoms with Gasteiger partial charge in [0.25, 0.3) is 0 Å². The summed E-state index contributed by atoms with van der Waals surface area (Å²) in [7, 11) is 1.83. The molecule has 0 atom stereocenters. The minimum atomic E-state index is 0.479. The van der Waals surface area contributed by atoms with Crippen LogP contribution in [0.1, 0.15) is 19.4 Å². The van der Waals surface area contributed by atoms with Gasteiger partial charge in [-0.2, -0.15) is 5.10 Å². The first-order chi connectivity index (χ1) is 7.17. The molecule has 4 N–H and O–H groups in total. The lowest BCUT2D eigenvalue weighted by molar-refractivity contribution is 0.585. The SMILES string of the molecule is CNn1cc(CNC(C)C)cc/c1=N/N. The van der Waals surface area contributed by atoms with Crippen LogP contribution in [-0.4, -0.2) is 17.8 Å². The smallest absolute Gasteiger partial charge is 0.170 e.